The molecule has 1 saturated heterocycles. The molecule has 134 valence electrons. The van der Waals surface area contributed by atoms with Gasteiger partial charge in [0.15, 0.2) is 0 Å². The van der Waals surface area contributed by atoms with Crippen LogP contribution in [0, 0.1) is 5.41 Å². The minimum absolute atomic E-state index is 0.0555. The SMILES string of the molecule is CN1CCN(CCCNC(=O)CC(C)(C)C)[C@H](c2ccccc2)C1. The first-order chi connectivity index (χ1) is 11.3. The Morgan fingerprint density at radius 1 is 1.21 bits per heavy atom. The molecular formula is C20H33N3O. The number of carbonyl (C=O) groups excluding carboxylic acids is 1. The molecule has 4 heteroatoms. The number of nitrogens with zero attached hydrogens (tertiary/aromatic N) is 2. The molecule has 0 aromatic heterocycles. The third-order valence-corrected chi connectivity index (χ3v) is 4.51. The summed E-state index contributed by atoms with van der Waals surface area (Å²) in [6, 6.07) is 11.2. The van der Waals surface area contributed by atoms with Gasteiger partial charge in [-0.15, -0.1) is 0 Å². The summed E-state index contributed by atoms with van der Waals surface area (Å²) in [4.78, 5) is 16.9. The van der Waals surface area contributed by atoms with Crippen molar-refractivity contribution in [3.05, 3.63) is 35.9 Å². The molecule has 0 saturated carbocycles. The van der Waals surface area contributed by atoms with Crippen LogP contribution in [0.3, 0.4) is 0 Å². The second-order valence-electron chi connectivity index (χ2n) is 8.17. The molecular weight excluding hydrogens is 298 g/mol. The van der Waals surface area contributed by atoms with Gasteiger partial charge in [-0.05, 0) is 24.4 Å². The van der Waals surface area contributed by atoms with Gasteiger partial charge in [0.2, 0.25) is 5.91 Å². The Morgan fingerprint density at radius 3 is 2.58 bits per heavy atom. The fourth-order valence-electron chi connectivity index (χ4n) is 3.27. The molecule has 1 aromatic carbocycles. The van der Waals surface area contributed by atoms with Gasteiger partial charge >= 0.3 is 0 Å². The lowest BCUT2D eigenvalue weighted by molar-refractivity contribution is -0.122. The van der Waals surface area contributed by atoms with Crippen LogP contribution in [0.25, 0.3) is 0 Å². The lowest BCUT2D eigenvalue weighted by Gasteiger charge is -2.40. The molecule has 1 atom stereocenters. The Hall–Kier alpha value is -1.39. The molecule has 1 aromatic rings. The Balaban J connectivity index is 1.81. The summed E-state index contributed by atoms with van der Waals surface area (Å²) in [6.07, 6.45) is 1.59. The number of carbonyl (C=O) groups is 1. The van der Waals surface area contributed by atoms with Crippen LogP contribution in [0.2, 0.25) is 0 Å². The van der Waals surface area contributed by atoms with Crippen molar-refractivity contribution in [1.29, 1.82) is 0 Å². The van der Waals surface area contributed by atoms with Gasteiger partial charge in [-0.25, -0.2) is 0 Å². The van der Waals surface area contributed by atoms with Crippen molar-refractivity contribution in [2.75, 3.05) is 39.8 Å². The van der Waals surface area contributed by atoms with Crippen LogP contribution >= 0.6 is 0 Å². The fourth-order valence-corrected chi connectivity index (χ4v) is 3.27. The maximum atomic E-state index is 11.9. The van der Waals surface area contributed by atoms with Crippen molar-refractivity contribution in [3.8, 4) is 0 Å². The van der Waals surface area contributed by atoms with Gasteiger partial charge in [-0.2, -0.15) is 0 Å². The number of piperazine rings is 1. The van der Waals surface area contributed by atoms with E-state index in [2.05, 4.69) is 73.3 Å². The highest BCUT2D eigenvalue weighted by Gasteiger charge is 2.26. The second-order valence-corrected chi connectivity index (χ2v) is 8.17. The maximum Gasteiger partial charge on any atom is 0.220 e. The Labute approximate surface area is 147 Å². The lowest BCUT2D eigenvalue weighted by atomic mass is 9.92. The van der Waals surface area contributed by atoms with Crippen LogP contribution in [-0.2, 0) is 4.79 Å². The first-order valence-electron chi connectivity index (χ1n) is 9.09. The van der Waals surface area contributed by atoms with Gasteiger partial charge in [-0.3, -0.25) is 9.69 Å². The molecule has 1 N–H and O–H groups in total. The van der Waals surface area contributed by atoms with E-state index in [1.54, 1.807) is 0 Å². The summed E-state index contributed by atoms with van der Waals surface area (Å²) in [6.45, 7) is 11.4. The molecule has 2 rings (SSSR count). The zero-order valence-electron chi connectivity index (χ0n) is 15.7. The number of hydrogen-bond donors (Lipinski definition) is 1. The average Bonchev–Trinajstić information content (AvgIpc) is 2.52. The van der Waals surface area contributed by atoms with Gasteiger partial charge in [0, 0.05) is 45.2 Å². The van der Waals surface area contributed by atoms with E-state index in [1.807, 2.05) is 0 Å². The molecule has 0 unspecified atom stereocenters. The lowest BCUT2D eigenvalue weighted by Crippen LogP contribution is -2.47. The van der Waals surface area contributed by atoms with Gasteiger partial charge in [0.1, 0.15) is 0 Å². The van der Waals surface area contributed by atoms with E-state index in [9.17, 15) is 4.79 Å². The van der Waals surface area contributed by atoms with Crippen molar-refractivity contribution in [3.63, 3.8) is 0 Å². The average molecular weight is 332 g/mol. The first-order valence-corrected chi connectivity index (χ1v) is 9.09. The van der Waals surface area contributed by atoms with Crippen LogP contribution in [0.1, 0.15) is 45.2 Å². The van der Waals surface area contributed by atoms with E-state index in [4.69, 9.17) is 0 Å². The largest absolute Gasteiger partial charge is 0.356 e. The van der Waals surface area contributed by atoms with Gasteiger partial charge in [0.25, 0.3) is 0 Å². The molecule has 1 fully saturated rings. The van der Waals surface area contributed by atoms with E-state index < -0.39 is 0 Å². The summed E-state index contributed by atoms with van der Waals surface area (Å²) in [5, 5.41) is 3.07. The fraction of sp³-hybridized carbons (Fsp3) is 0.650. The second kappa shape index (κ2) is 8.63. The van der Waals surface area contributed by atoms with Gasteiger partial charge in [0.05, 0.1) is 0 Å². The zero-order chi connectivity index (χ0) is 17.6. The smallest absolute Gasteiger partial charge is 0.220 e. The zero-order valence-corrected chi connectivity index (χ0v) is 15.7. The van der Waals surface area contributed by atoms with E-state index in [0.717, 1.165) is 39.1 Å². The molecule has 4 nitrogen and oxygen atoms in total. The number of benzene rings is 1. The minimum atomic E-state index is 0.0555. The standard InChI is InChI=1S/C20H33N3O/c1-20(2,3)15-19(24)21-11-8-12-23-14-13-22(4)16-18(23)17-9-6-5-7-10-17/h5-7,9-10,18H,8,11-16H2,1-4H3,(H,21,24)/t18-/m0/s1. The number of rotatable bonds is 6. The van der Waals surface area contributed by atoms with Crippen LogP contribution in [0.15, 0.2) is 30.3 Å². The summed E-state index contributed by atoms with van der Waals surface area (Å²) in [7, 11) is 2.19. The van der Waals surface area contributed by atoms with Crippen molar-refractivity contribution in [1.82, 2.24) is 15.1 Å². The minimum Gasteiger partial charge on any atom is -0.356 e. The van der Waals surface area contributed by atoms with E-state index in [1.165, 1.54) is 5.56 Å². The van der Waals surface area contributed by atoms with Crippen molar-refractivity contribution < 1.29 is 4.79 Å². The third-order valence-electron chi connectivity index (χ3n) is 4.51. The highest BCUT2D eigenvalue weighted by atomic mass is 16.1. The van der Waals surface area contributed by atoms with Gasteiger partial charge < -0.3 is 10.2 Å². The molecule has 1 heterocycles. The normalized spacial score (nSPS) is 20.1. The monoisotopic (exact) mass is 331 g/mol. The van der Waals surface area contributed by atoms with Gasteiger partial charge in [-0.1, -0.05) is 51.1 Å². The number of likely N-dealkylation sites (N-methyl/N-ethyl adjacent to an activating group) is 1. The highest BCUT2D eigenvalue weighted by molar-refractivity contribution is 5.76. The topological polar surface area (TPSA) is 35.6 Å². The Bertz CT molecular complexity index is 509. The number of nitrogens with one attached hydrogen (secondary N) is 1. The molecule has 1 aliphatic rings. The molecule has 0 radical (unpaired) electrons. The maximum absolute atomic E-state index is 11.9. The summed E-state index contributed by atoms with van der Waals surface area (Å²) >= 11 is 0. The van der Waals surface area contributed by atoms with Crippen LogP contribution < -0.4 is 5.32 Å². The van der Waals surface area contributed by atoms with Crippen LogP contribution in [0.4, 0.5) is 0 Å². The van der Waals surface area contributed by atoms with Crippen LogP contribution in [-0.4, -0.2) is 55.5 Å². The Morgan fingerprint density at radius 2 is 1.92 bits per heavy atom. The number of amides is 1. The van der Waals surface area contributed by atoms with Crippen molar-refractivity contribution in [2.24, 2.45) is 5.41 Å². The van der Waals surface area contributed by atoms with E-state index in [0.29, 0.717) is 12.5 Å². The van der Waals surface area contributed by atoms with Crippen LogP contribution in [0.5, 0.6) is 0 Å². The summed E-state index contributed by atoms with van der Waals surface area (Å²) < 4.78 is 0. The summed E-state index contributed by atoms with van der Waals surface area (Å²) in [5.41, 5.74) is 1.45. The van der Waals surface area contributed by atoms with E-state index in [-0.39, 0.29) is 11.3 Å². The molecule has 24 heavy (non-hydrogen) atoms. The molecule has 1 aliphatic heterocycles. The Kier molecular flexibility index (Phi) is 6.81. The first kappa shape index (κ1) is 18.9. The molecule has 0 aliphatic carbocycles. The highest BCUT2D eigenvalue weighted by Crippen LogP contribution is 2.24. The predicted molar refractivity (Wildman–Crippen MR) is 100.0 cm³/mol. The summed E-state index contributed by atoms with van der Waals surface area (Å²) in [5.74, 6) is 0.167. The van der Waals surface area contributed by atoms with E-state index >= 15 is 0 Å². The van der Waals surface area contributed by atoms with Crippen molar-refractivity contribution >= 4 is 5.91 Å². The predicted octanol–water partition coefficient (Wildman–Crippen LogP) is 2.92. The number of hydrogen-bond acceptors (Lipinski definition) is 3. The quantitative estimate of drug-likeness (QED) is 0.814. The molecule has 0 spiro atoms. The van der Waals surface area contributed by atoms with Crippen molar-refractivity contribution in [2.45, 2.75) is 39.7 Å². The third kappa shape index (κ3) is 6.25. The molecule has 0 bridgehead atoms. The molecule has 1 amide bonds.